The fourth-order valence-corrected chi connectivity index (χ4v) is 5.81. The summed E-state index contributed by atoms with van der Waals surface area (Å²) < 4.78 is 5.74. The first-order chi connectivity index (χ1) is 18.5. The highest BCUT2D eigenvalue weighted by molar-refractivity contribution is 6.36. The molecule has 1 saturated carbocycles. The number of carbonyl (C=O) groups excluding carboxylic acids is 1. The average Bonchev–Trinajstić information content (AvgIpc) is 3.43. The van der Waals surface area contributed by atoms with Crippen LogP contribution in [0, 0.1) is 0 Å². The highest BCUT2D eigenvalue weighted by Gasteiger charge is 2.29. The summed E-state index contributed by atoms with van der Waals surface area (Å²) in [7, 11) is 0. The van der Waals surface area contributed by atoms with E-state index in [0.717, 1.165) is 73.4 Å². The molecule has 1 aliphatic carbocycles. The monoisotopic (exact) mass is 553 g/mol. The third-order valence-electron chi connectivity index (χ3n) is 7.31. The summed E-state index contributed by atoms with van der Waals surface area (Å²) in [6.07, 6.45) is 7.26. The number of nitrogen functional groups attached to an aromatic ring is 1. The van der Waals surface area contributed by atoms with Gasteiger partial charge in [0.2, 0.25) is 0 Å². The number of aromatic nitrogens is 2. The second-order valence-corrected chi connectivity index (χ2v) is 10.9. The molecule has 0 spiro atoms. The summed E-state index contributed by atoms with van der Waals surface area (Å²) >= 11 is 12.7. The number of rotatable bonds is 8. The van der Waals surface area contributed by atoms with Gasteiger partial charge in [-0.25, -0.2) is 9.97 Å². The van der Waals surface area contributed by atoms with E-state index in [1.165, 1.54) is 0 Å². The van der Waals surface area contributed by atoms with Crippen LogP contribution in [-0.2, 0) is 28.9 Å². The maximum Gasteiger partial charge on any atom is 0.324 e. The Morgan fingerprint density at radius 1 is 1.11 bits per heavy atom. The zero-order chi connectivity index (χ0) is 26.5. The lowest BCUT2D eigenvalue weighted by Crippen LogP contribution is -2.54. The van der Waals surface area contributed by atoms with Crippen molar-refractivity contribution in [1.82, 2.24) is 20.2 Å². The lowest BCUT2D eigenvalue weighted by Gasteiger charge is -2.33. The topological polar surface area (TPSA) is 93.4 Å². The van der Waals surface area contributed by atoms with E-state index in [4.69, 9.17) is 38.7 Å². The van der Waals surface area contributed by atoms with Gasteiger partial charge in [0.25, 0.3) is 0 Å². The second-order valence-electron chi connectivity index (χ2n) is 10.1. The van der Waals surface area contributed by atoms with Gasteiger partial charge >= 0.3 is 5.97 Å². The van der Waals surface area contributed by atoms with Crippen LogP contribution in [0.3, 0.4) is 0 Å². The molecule has 2 fully saturated rings. The zero-order valence-corrected chi connectivity index (χ0v) is 22.8. The molecule has 9 heteroatoms. The van der Waals surface area contributed by atoms with Gasteiger partial charge in [-0.1, -0.05) is 47.5 Å². The number of ether oxygens (including phenoxy) is 1. The standard InChI is InChI=1S/C29H33Cl2N5O2/c30-23-9-4-10-24(31)22(23)11-12-25-28(32)34-16-26(35-25)20-6-3-5-19(15-20)17-36-14-13-33-27(18-36)29(37)38-21-7-1-2-8-21/h3-6,9-10,15-16,21,27,33H,1-2,7-8,11-14,17-18H2,(H2,32,34)/t27-/m1/s1. The Hall–Kier alpha value is -2.71. The fraction of sp³-hybridized carbons (Fsp3) is 0.414. The molecule has 1 aromatic heterocycles. The summed E-state index contributed by atoms with van der Waals surface area (Å²) in [5.74, 6) is 0.280. The Kier molecular flexibility index (Phi) is 8.79. The van der Waals surface area contributed by atoms with E-state index < -0.39 is 0 Å². The molecule has 2 aromatic carbocycles. The molecule has 38 heavy (non-hydrogen) atoms. The number of carbonyl (C=O) groups is 1. The summed E-state index contributed by atoms with van der Waals surface area (Å²) in [4.78, 5) is 24.2. The van der Waals surface area contributed by atoms with Crippen LogP contribution < -0.4 is 11.1 Å². The number of piperazine rings is 1. The van der Waals surface area contributed by atoms with Crippen molar-refractivity contribution < 1.29 is 9.53 Å². The normalized spacial score (nSPS) is 18.5. The molecule has 3 N–H and O–H groups in total. The number of anilines is 1. The number of nitrogens with one attached hydrogen (secondary N) is 1. The highest BCUT2D eigenvalue weighted by Crippen LogP contribution is 2.27. The first kappa shape index (κ1) is 26.9. The predicted molar refractivity (Wildman–Crippen MR) is 151 cm³/mol. The molecule has 3 aromatic rings. The van der Waals surface area contributed by atoms with Crippen molar-refractivity contribution in [3.8, 4) is 11.3 Å². The third-order valence-corrected chi connectivity index (χ3v) is 8.02. The van der Waals surface area contributed by atoms with Gasteiger partial charge in [0.05, 0.1) is 17.6 Å². The van der Waals surface area contributed by atoms with Gasteiger partial charge in [-0.2, -0.15) is 0 Å². The van der Waals surface area contributed by atoms with Gasteiger partial charge in [0.15, 0.2) is 0 Å². The molecule has 5 rings (SSSR count). The first-order valence-corrected chi connectivity index (χ1v) is 14.0. The van der Waals surface area contributed by atoms with Gasteiger partial charge in [-0.05, 0) is 67.9 Å². The highest BCUT2D eigenvalue weighted by atomic mass is 35.5. The number of nitrogens with zero attached hydrogens (tertiary/aromatic N) is 3. The molecule has 1 aliphatic heterocycles. The van der Waals surface area contributed by atoms with E-state index >= 15 is 0 Å². The van der Waals surface area contributed by atoms with Crippen LogP contribution in [0.1, 0.15) is 42.5 Å². The molecule has 7 nitrogen and oxygen atoms in total. The molecular formula is C29H33Cl2N5O2. The Bertz CT molecular complexity index is 1260. The maximum atomic E-state index is 12.7. The smallest absolute Gasteiger partial charge is 0.324 e. The average molecular weight is 555 g/mol. The largest absolute Gasteiger partial charge is 0.461 e. The van der Waals surface area contributed by atoms with Crippen LogP contribution in [0.2, 0.25) is 10.0 Å². The lowest BCUT2D eigenvalue weighted by atomic mass is 10.1. The van der Waals surface area contributed by atoms with E-state index in [0.29, 0.717) is 35.2 Å². The van der Waals surface area contributed by atoms with Gasteiger partial charge in [-0.15, -0.1) is 0 Å². The van der Waals surface area contributed by atoms with Crippen molar-refractivity contribution in [3.63, 3.8) is 0 Å². The minimum atomic E-state index is -0.287. The Morgan fingerprint density at radius 2 is 1.87 bits per heavy atom. The Morgan fingerprint density at radius 3 is 2.66 bits per heavy atom. The minimum absolute atomic E-state index is 0.0870. The van der Waals surface area contributed by atoms with Crippen molar-refractivity contribution in [2.75, 3.05) is 25.4 Å². The van der Waals surface area contributed by atoms with Gasteiger partial charge < -0.3 is 15.8 Å². The molecular weight excluding hydrogens is 521 g/mol. The molecule has 0 unspecified atom stereocenters. The Labute approximate surface area is 233 Å². The minimum Gasteiger partial charge on any atom is -0.461 e. The molecule has 1 atom stereocenters. The van der Waals surface area contributed by atoms with Crippen LogP contribution in [0.15, 0.2) is 48.7 Å². The SMILES string of the molecule is Nc1ncc(-c2cccc(CN3CCN[C@@H](C(=O)OC4CCCC4)C3)c2)nc1CCc1c(Cl)cccc1Cl. The van der Waals surface area contributed by atoms with Crippen LogP contribution in [0.4, 0.5) is 5.82 Å². The van der Waals surface area contributed by atoms with Crippen LogP contribution >= 0.6 is 23.2 Å². The van der Waals surface area contributed by atoms with Gasteiger partial charge in [0, 0.05) is 41.8 Å². The van der Waals surface area contributed by atoms with E-state index in [9.17, 15) is 4.79 Å². The number of esters is 1. The van der Waals surface area contributed by atoms with E-state index in [1.54, 1.807) is 6.20 Å². The molecule has 0 bridgehead atoms. The van der Waals surface area contributed by atoms with Gasteiger partial charge in [-0.3, -0.25) is 9.69 Å². The summed E-state index contributed by atoms with van der Waals surface area (Å²) in [6.45, 7) is 3.00. The van der Waals surface area contributed by atoms with Crippen molar-refractivity contribution in [2.24, 2.45) is 0 Å². The molecule has 200 valence electrons. The number of halogens is 2. The summed E-state index contributed by atoms with van der Waals surface area (Å²) in [6, 6.07) is 13.5. The van der Waals surface area contributed by atoms with Crippen LogP contribution in [-0.4, -0.2) is 52.6 Å². The molecule has 0 amide bonds. The molecule has 2 aliphatic rings. The number of hydrogen-bond donors (Lipinski definition) is 2. The zero-order valence-electron chi connectivity index (χ0n) is 21.3. The molecule has 0 radical (unpaired) electrons. The molecule has 2 heterocycles. The van der Waals surface area contributed by atoms with E-state index in [1.807, 2.05) is 30.3 Å². The lowest BCUT2D eigenvalue weighted by molar-refractivity contribution is -0.152. The van der Waals surface area contributed by atoms with E-state index in [-0.39, 0.29) is 18.1 Å². The number of hydrogen-bond acceptors (Lipinski definition) is 7. The fourth-order valence-electron chi connectivity index (χ4n) is 5.23. The van der Waals surface area contributed by atoms with Crippen LogP contribution in [0.5, 0.6) is 0 Å². The second kappa shape index (κ2) is 12.4. The summed E-state index contributed by atoms with van der Waals surface area (Å²) in [5, 5.41) is 4.59. The quantitative estimate of drug-likeness (QED) is 0.376. The summed E-state index contributed by atoms with van der Waals surface area (Å²) in [5.41, 5.74) is 10.6. The van der Waals surface area contributed by atoms with Crippen molar-refractivity contribution in [3.05, 3.63) is 75.5 Å². The molecule has 1 saturated heterocycles. The van der Waals surface area contributed by atoms with Gasteiger partial charge in [0.1, 0.15) is 18.0 Å². The van der Waals surface area contributed by atoms with Crippen LogP contribution in [0.25, 0.3) is 11.3 Å². The number of nitrogens with two attached hydrogens (primary N) is 1. The van der Waals surface area contributed by atoms with Crippen molar-refractivity contribution in [2.45, 2.75) is 57.2 Å². The number of aryl methyl sites for hydroxylation is 1. The third kappa shape index (κ3) is 6.64. The predicted octanol–water partition coefficient (Wildman–Crippen LogP) is 5.08. The number of benzene rings is 2. The van der Waals surface area contributed by atoms with Crippen molar-refractivity contribution >= 4 is 35.0 Å². The first-order valence-electron chi connectivity index (χ1n) is 13.3. The Balaban J connectivity index is 1.24. The van der Waals surface area contributed by atoms with E-state index in [2.05, 4.69) is 27.3 Å². The van der Waals surface area contributed by atoms with Crippen molar-refractivity contribution in [1.29, 1.82) is 0 Å². The maximum absolute atomic E-state index is 12.7.